The number of nitrogens with zero attached hydrogens (tertiary/aromatic N) is 2. The topological polar surface area (TPSA) is 28.2 Å². The van der Waals surface area contributed by atoms with Crippen molar-refractivity contribution in [2.24, 2.45) is 0 Å². The third-order valence-electron chi connectivity index (χ3n) is 4.18. The molecule has 0 amide bonds. The lowest BCUT2D eigenvalue weighted by molar-refractivity contribution is 0.437. The molecule has 0 saturated carbocycles. The molecule has 2 heterocycles. The lowest BCUT2D eigenvalue weighted by Crippen LogP contribution is -2.46. The smallest absolute Gasteiger partial charge is 0.136 e. The minimum Gasteiger partial charge on any atom is -0.352 e. The van der Waals surface area contributed by atoms with Crippen LogP contribution in [0.4, 0.5) is 5.82 Å². The van der Waals surface area contributed by atoms with Gasteiger partial charge in [0.15, 0.2) is 0 Å². The van der Waals surface area contributed by atoms with Gasteiger partial charge in [-0.1, -0.05) is 31.2 Å². The summed E-state index contributed by atoms with van der Waals surface area (Å²) in [5.74, 6) is 1.16. The van der Waals surface area contributed by atoms with E-state index in [-0.39, 0.29) is 0 Å². The van der Waals surface area contributed by atoms with Crippen LogP contribution in [-0.2, 0) is 0 Å². The van der Waals surface area contributed by atoms with Crippen LogP contribution in [0, 0.1) is 0 Å². The summed E-state index contributed by atoms with van der Waals surface area (Å²) in [4.78, 5) is 7.20. The number of piperidine rings is 1. The molecule has 1 aromatic carbocycles. The van der Waals surface area contributed by atoms with Crippen molar-refractivity contribution in [1.82, 2.24) is 10.3 Å². The molecule has 1 atom stereocenters. The zero-order chi connectivity index (χ0) is 13.8. The van der Waals surface area contributed by atoms with Gasteiger partial charge in [-0.3, -0.25) is 0 Å². The van der Waals surface area contributed by atoms with Crippen LogP contribution in [0.5, 0.6) is 0 Å². The summed E-state index contributed by atoms with van der Waals surface area (Å²) in [5, 5.41) is 6.06. The van der Waals surface area contributed by atoms with Crippen molar-refractivity contribution in [2.75, 3.05) is 24.5 Å². The number of aromatic nitrogens is 1. The number of rotatable bonds is 4. The zero-order valence-corrected chi connectivity index (χ0v) is 12.2. The SMILES string of the molecule is CCNCC1CCCCN1c1nccc2ccccc12. The highest BCUT2D eigenvalue weighted by Gasteiger charge is 2.24. The molecule has 2 aromatic rings. The molecular weight excluding hydrogens is 246 g/mol. The summed E-state index contributed by atoms with van der Waals surface area (Å²) in [6.45, 7) is 5.38. The van der Waals surface area contributed by atoms with Gasteiger partial charge in [-0.25, -0.2) is 4.98 Å². The third kappa shape index (κ3) is 2.63. The second-order valence-electron chi connectivity index (χ2n) is 5.51. The van der Waals surface area contributed by atoms with Crippen LogP contribution in [0.3, 0.4) is 0 Å². The molecule has 0 radical (unpaired) electrons. The molecular formula is C17H23N3. The number of fused-ring (bicyclic) bond motifs is 1. The molecule has 106 valence electrons. The minimum atomic E-state index is 0.571. The van der Waals surface area contributed by atoms with E-state index in [0.717, 1.165) is 25.5 Å². The van der Waals surface area contributed by atoms with Gasteiger partial charge in [-0.05, 0) is 37.3 Å². The summed E-state index contributed by atoms with van der Waals surface area (Å²) < 4.78 is 0. The second kappa shape index (κ2) is 6.23. The molecule has 3 heteroatoms. The van der Waals surface area contributed by atoms with Gasteiger partial charge < -0.3 is 10.2 Å². The molecule has 3 nitrogen and oxygen atoms in total. The number of pyridine rings is 1. The van der Waals surface area contributed by atoms with Crippen LogP contribution in [0.25, 0.3) is 10.8 Å². The maximum atomic E-state index is 4.69. The Labute approximate surface area is 121 Å². The van der Waals surface area contributed by atoms with Crippen molar-refractivity contribution in [1.29, 1.82) is 0 Å². The molecule has 20 heavy (non-hydrogen) atoms. The van der Waals surface area contributed by atoms with Crippen LogP contribution >= 0.6 is 0 Å². The van der Waals surface area contributed by atoms with Crippen molar-refractivity contribution in [3.05, 3.63) is 36.5 Å². The Morgan fingerprint density at radius 3 is 3.05 bits per heavy atom. The van der Waals surface area contributed by atoms with Crippen LogP contribution in [0.15, 0.2) is 36.5 Å². The maximum absolute atomic E-state index is 4.69. The molecule has 3 rings (SSSR count). The van der Waals surface area contributed by atoms with E-state index in [1.807, 2.05) is 6.20 Å². The predicted molar refractivity (Wildman–Crippen MR) is 85.3 cm³/mol. The van der Waals surface area contributed by atoms with Crippen molar-refractivity contribution in [2.45, 2.75) is 32.2 Å². The highest BCUT2D eigenvalue weighted by molar-refractivity contribution is 5.92. The standard InChI is InChI=1S/C17H23N3/c1-2-18-13-15-8-5-6-12-20(15)17-16-9-4-3-7-14(16)10-11-19-17/h3-4,7,9-11,15,18H,2,5-6,8,12-13H2,1H3. The van der Waals surface area contributed by atoms with E-state index in [4.69, 9.17) is 0 Å². The van der Waals surface area contributed by atoms with Crippen molar-refractivity contribution >= 4 is 16.6 Å². The van der Waals surface area contributed by atoms with E-state index in [9.17, 15) is 0 Å². The Balaban J connectivity index is 1.95. The number of anilines is 1. The number of benzene rings is 1. The molecule has 1 saturated heterocycles. The van der Waals surface area contributed by atoms with Crippen LogP contribution < -0.4 is 10.2 Å². The minimum absolute atomic E-state index is 0.571. The Morgan fingerprint density at radius 1 is 1.25 bits per heavy atom. The van der Waals surface area contributed by atoms with E-state index in [1.165, 1.54) is 30.0 Å². The van der Waals surface area contributed by atoms with E-state index in [1.54, 1.807) is 0 Å². The average molecular weight is 269 g/mol. The molecule has 0 bridgehead atoms. The Kier molecular flexibility index (Phi) is 4.16. The van der Waals surface area contributed by atoms with Gasteiger partial charge in [-0.15, -0.1) is 0 Å². The number of hydrogen-bond acceptors (Lipinski definition) is 3. The van der Waals surface area contributed by atoms with E-state index < -0.39 is 0 Å². The number of nitrogens with one attached hydrogen (secondary N) is 1. The van der Waals surface area contributed by atoms with E-state index in [0.29, 0.717) is 6.04 Å². The first-order valence-electron chi connectivity index (χ1n) is 7.71. The second-order valence-corrected chi connectivity index (χ2v) is 5.51. The first-order valence-corrected chi connectivity index (χ1v) is 7.71. The number of likely N-dealkylation sites (N-methyl/N-ethyl adjacent to an activating group) is 1. The normalized spacial score (nSPS) is 19.4. The first kappa shape index (κ1) is 13.4. The summed E-state index contributed by atoms with van der Waals surface area (Å²) in [6, 6.07) is 11.2. The maximum Gasteiger partial charge on any atom is 0.136 e. The van der Waals surface area contributed by atoms with Gasteiger partial charge in [0.25, 0.3) is 0 Å². The Bertz CT molecular complexity index is 562. The molecule has 1 aromatic heterocycles. The van der Waals surface area contributed by atoms with Crippen LogP contribution in [-0.4, -0.2) is 30.7 Å². The van der Waals surface area contributed by atoms with Gasteiger partial charge in [0.1, 0.15) is 5.82 Å². The van der Waals surface area contributed by atoms with Crippen molar-refractivity contribution < 1.29 is 0 Å². The molecule has 1 unspecified atom stereocenters. The molecule has 0 spiro atoms. The predicted octanol–water partition coefficient (Wildman–Crippen LogP) is 3.20. The van der Waals surface area contributed by atoms with Crippen molar-refractivity contribution in [3.8, 4) is 0 Å². The van der Waals surface area contributed by atoms with Crippen LogP contribution in [0.1, 0.15) is 26.2 Å². The van der Waals surface area contributed by atoms with Gasteiger partial charge in [0.05, 0.1) is 0 Å². The van der Waals surface area contributed by atoms with Crippen molar-refractivity contribution in [3.63, 3.8) is 0 Å². The fraction of sp³-hybridized carbons (Fsp3) is 0.471. The van der Waals surface area contributed by atoms with Crippen LogP contribution in [0.2, 0.25) is 0 Å². The number of hydrogen-bond donors (Lipinski definition) is 1. The lowest BCUT2D eigenvalue weighted by Gasteiger charge is -2.37. The Hall–Kier alpha value is -1.61. The third-order valence-corrected chi connectivity index (χ3v) is 4.18. The largest absolute Gasteiger partial charge is 0.352 e. The summed E-state index contributed by atoms with van der Waals surface area (Å²) >= 11 is 0. The molecule has 1 N–H and O–H groups in total. The van der Waals surface area contributed by atoms with Gasteiger partial charge in [-0.2, -0.15) is 0 Å². The van der Waals surface area contributed by atoms with Gasteiger partial charge >= 0.3 is 0 Å². The first-order chi connectivity index (χ1) is 9.90. The highest BCUT2D eigenvalue weighted by Crippen LogP contribution is 2.29. The highest BCUT2D eigenvalue weighted by atomic mass is 15.2. The summed E-state index contributed by atoms with van der Waals surface area (Å²) in [5.41, 5.74) is 0. The van der Waals surface area contributed by atoms with E-state index in [2.05, 4.69) is 52.5 Å². The fourth-order valence-electron chi connectivity index (χ4n) is 3.14. The van der Waals surface area contributed by atoms with E-state index >= 15 is 0 Å². The fourth-order valence-corrected chi connectivity index (χ4v) is 3.14. The summed E-state index contributed by atoms with van der Waals surface area (Å²) in [7, 11) is 0. The van der Waals surface area contributed by atoms with Gasteiger partial charge in [0, 0.05) is 30.7 Å². The lowest BCUT2D eigenvalue weighted by atomic mass is 10.0. The quantitative estimate of drug-likeness (QED) is 0.924. The molecule has 0 aliphatic carbocycles. The Morgan fingerprint density at radius 2 is 2.15 bits per heavy atom. The summed E-state index contributed by atoms with van der Waals surface area (Å²) in [6.07, 6.45) is 5.80. The van der Waals surface area contributed by atoms with Gasteiger partial charge in [0.2, 0.25) is 0 Å². The average Bonchev–Trinajstić information content (AvgIpc) is 2.53. The zero-order valence-electron chi connectivity index (χ0n) is 12.2. The molecule has 1 fully saturated rings. The molecule has 1 aliphatic rings. The monoisotopic (exact) mass is 269 g/mol. The molecule has 1 aliphatic heterocycles.